The van der Waals surface area contributed by atoms with E-state index in [1.54, 1.807) is 0 Å². The molecule has 0 radical (unpaired) electrons. The third-order valence-electron chi connectivity index (χ3n) is 14.8. The molecule has 0 aromatic heterocycles. The summed E-state index contributed by atoms with van der Waals surface area (Å²) in [6, 6.07) is 0. The van der Waals surface area contributed by atoms with Gasteiger partial charge in [0.1, 0.15) is 13.2 Å². The molecular weight excluding hydrogens is 937 g/mol. The normalized spacial score (nSPS) is 12.4. The number of unbranched alkanes of at least 4 members (excludes halogenated alkanes) is 40. The molecule has 0 aliphatic rings. The van der Waals surface area contributed by atoms with Crippen LogP contribution in [-0.4, -0.2) is 37.2 Å². The Morgan fingerprint density at radius 1 is 0.276 bits per heavy atom. The van der Waals surface area contributed by atoms with Crippen LogP contribution in [0, 0.1) is 0 Å². The number of rotatable bonds is 61. The van der Waals surface area contributed by atoms with Gasteiger partial charge in [-0.3, -0.25) is 14.4 Å². The Morgan fingerprint density at radius 2 is 0.513 bits per heavy atom. The van der Waals surface area contributed by atoms with Gasteiger partial charge in [0.05, 0.1) is 0 Å². The third kappa shape index (κ3) is 62.0. The largest absolute Gasteiger partial charge is 0.462 e. The second kappa shape index (κ2) is 64.6. The second-order valence-corrected chi connectivity index (χ2v) is 22.4. The van der Waals surface area contributed by atoms with Crippen molar-refractivity contribution in [2.75, 3.05) is 13.2 Å². The first kappa shape index (κ1) is 73.1. The lowest BCUT2D eigenvalue weighted by molar-refractivity contribution is -0.167. The molecular formula is C70H126O6. The number of esters is 3. The van der Waals surface area contributed by atoms with Crippen LogP contribution in [0.2, 0.25) is 0 Å². The van der Waals surface area contributed by atoms with Gasteiger partial charge in [-0.25, -0.2) is 0 Å². The van der Waals surface area contributed by atoms with Gasteiger partial charge in [-0.1, -0.05) is 326 Å². The van der Waals surface area contributed by atoms with Crippen molar-refractivity contribution in [3.63, 3.8) is 0 Å². The average Bonchev–Trinajstić information content (AvgIpc) is 3.42. The van der Waals surface area contributed by atoms with Crippen molar-refractivity contribution in [3.8, 4) is 0 Å². The van der Waals surface area contributed by atoms with Crippen LogP contribution in [-0.2, 0) is 28.6 Å². The Kier molecular flexibility index (Phi) is 62.2. The van der Waals surface area contributed by atoms with Gasteiger partial charge in [0, 0.05) is 19.3 Å². The molecule has 0 N–H and O–H groups in total. The molecule has 6 heteroatoms. The Hall–Kier alpha value is -2.89. The van der Waals surface area contributed by atoms with Gasteiger partial charge in [-0.2, -0.15) is 0 Å². The molecule has 0 aliphatic heterocycles. The van der Waals surface area contributed by atoms with Crippen LogP contribution in [0.5, 0.6) is 0 Å². The molecule has 442 valence electrons. The van der Waals surface area contributed by atoms with Crippen molar-refractivity contribution in [1.82, 2.24) is 0 Å². The van der Waals surface area contributed by atoms with Gasteiger partial charge < -0.3 is 14.2 Å². The van der Waals surface area contributed by atoms with Crippen LogP contribution in [0.4, 0.5) is 0 Å². The molecule has 0 aromatic carbocycles. The highest BCUT2D eigenvalue weighted by molar-refractivity contribution is 5.71. The van der Waals surface area contributed by atoms with Crippen LogP contribution in [0.15, 0.2) is 60.8 Å². The van der Waals surface area contributed by atoms with Crippen molar-refractivity contribution in [2.45, 2.75) is 354 Å². The number of allylic oxidation sites excluding steroid dienone is 10. The van der Waals surface area contributed by atoms with E-state index >= 15 is 0 Å². The van der Waals surface area contributed by atoms with E-state index < -0.39 is 6.10 Å². The molecule has 0 spiro atoms. The van der Waals surface area contributed by atoms with Crippen LogP contribution in [0.3, 0.4) is 0 Å². The monoisotopic (exact) mass is 1060 g/mol. The van der Waals surface area contributed by atoms with E-state index in [9.17, 15) is 14.4 Å². The Morgan fingerprint density at radius 3 is 0.803 bits per heavy atom. The van der Waals surface area contributed by atoms with E-state index in [-0.39, 0.29) is 31.1 Å². The summed E-state index contributed by atoms with van der Waals surface area (Å²) >= 11 is 0. The van der Waals surface area contributed by atoms with E-state index in [1.165, 1.54) is 218 Å². The second-order valence-electron chi connectivity index (χ2n) is 22.4. The molecule has 76 heavy (non-hydrogen) atoms. The zero-order valence-electron chi connectivity index (χ0n) is 50.8. The summed E-state index contributed by atoms with van der Waals surface area (Å²) < 4.78 is 16.9. The fourth-order valence-corrected chi connectivity index (χ4v) is 9.83. The first-order chi connectivity index (χ1) is 37.5. The molecule has 0 aromatic rings. The van der Waals surface area contributed by atoms with Gasteiger partial charge in [-0.05, 0) is 64.2 Å². The number of ether oxygens (including phenoxy) is 3. The van der Waals surface area contributed by atoms with Crippen LogP contribution >= 0.6 is 0 Å². The van der Waals surface area contributed by atoms with E-state index in [4.69, 9.17) is 14.2 Å². The number of carbonyl (C=O) groups is 3. The van der Waals surface area contributed by atoms with E-state index in [2.05, 4.69) is 81.5 Å². The minimum Gasteiger partial charge on any atom is -0.462 e. The molecule has 6 nitrogen and oxygen atoms in total. The highest BCUT2D eigenvalue weighted by atomic mass is 16.6. The van der Waals surface area contributed by atoms with Crippen LogP contribution < -0.4 is 0 Å². The van der Waals surface area contributed by atoms with Crippen LogP contribution in [0.25, 0.3) is 0 Å². The topological polar surface area (TPSA) is 78.9 Å². The quantitative estimate of drug-likeness (QED) is 0.0261. The predicted octanol–water partition coefficient (Wildman–Crippen LogP) is 22.7. The van der Waals surface area contributed by atoms with E-state index in [0.717, 1.165) is 89.9 Å². The van der Waals surface area contributed by atoms with Crippen molar-refractivity contribution < 1.29 is 28.6 Å². The summed E-state index contributed by atoms with van der Waals surface area (Å²) in [7, 11) is 0. The highest BCUT2D eigenvalue weighted by Gasteiger charge is 2.19. The third-order valence-corrected chi connectivity index (χ3v) is 14.8. The average molecular weight is 1060 g/mol. The molecule has 0 saturated carbocycles. The van der Waals surface area contributed by atoms with Gasteiger partial charge >= 0.3 is 17.9 Å². The van der Waals surface area contributed by atoms with Crippen LogP contribution in [0.1, 0.15) is 348 Å². The fourth-order valence-electron chi connectivity index (χ4n) is 9.83. The molecule has 0 heterocycles. The number of hydrogen-bond donors (Lipinski definition) is 0. The molecule has 0 aliphatic carbocycles. The molecule has 1 unspecified atom stereocenters. The lowest BCUT2D eigenvalue weighted by atomic mass is 10.0. The van der Waals surface area contributed by atoms with Crippen molar-refractivity contribution >= 4 is 17.9 Å². The van der Waals surface area contributed by atoms with E-state index in [1.807, 2.05) is 0 Å². The summed E-state index contributed by atoms with van der Waals surface area (Å²) in [4.78, 5) is 38.1. The first-order valence-electron chi connectivity index (χ1n) is 33.3. The van der Waals surface area contributed by atoms with Crippen molar-refractivity contribution in [1.29, 1.82) is 0 Å². The van der Waals surface area contributed by atoms with E-state index in [0.29, 0.717) is 19.3 Å². The predicted molar refractivity (Wildman–Crippen MR) is 330 cm³/mol. The van der Waals surface area contributed by atoms with Crippen molar-refractivity contribution in [3.05, 3.63) is 60.8 Å². The summed E-state index contributed by atoms with van der Waals surface area (Å²) in [5.41, 5.74) is 0. The minimum atomic E-state index is -0.769. The lowest BCUT2D eigenvalue weighted by Crippen LogP contribution is -2.30. The molecule has 0 saturated heterocycles. The summed E-state index contributed by atoms with van der Waals surface area (Å²) in [5.74, 6) is -0.856. The Labute approximate surface area is 472 Å². The maximum atomic E-state index is 12.9. The van der Waals surface area contributed by atoms with Crippen molar-refractivity contribution in [2.24, 2.45) is 0 Å². The maximum Gasteiger partial charge on any atom is 0.306 e. The standard InChI is InChI=1S/C70H126O6/c1-4-7-10-13-16-18-20-22-24-26-28-30-32-33-34-35-36-37-38-40-41-43-45-47-49-51-54-57-60-63-69(72)75-66-67(65-74-68(71)62-59-56-53-15-12-9-6-3)76-70(73)64-61-58-55-52-50-48-46-44-42-39-31-29-27-25-23-21-19-17-14-11-8-5-2/h7,10,16,18,22,24,28,30,33-34,67H,4-6,8-9,11-15,17,19-21,23,25-27,29,31-32,35-66H2,1-3H3/b10-7-,18-16-,24-22-,30-28-,34-33-. The van der Waals surface area contributed by atoms with Gasteiger partial charge in [0.25, 0.3) is 0 Å². The van der Waals surface area contributed by atoms with Gasteiger partial charge in [0.15, 0.2) is 6.10 Å². The summed E-state index contributed by atoms with van der Waals surface area (Å²) in [6.45, 7) is 6.54. The molecule has 0 fully saturated rings. The zero-order valence-corrected chi connectivity index (χ0v) is 50.8. The fraction of sp³-hybridized carbons (Fsp3) is 0.814. The number of hydrogen-bond acceptors (Lipinski definition) is 6. The maximum absolute atomic E-state index is 12.9. The molecule has 0 bridgehead atoms. The highest BCUT2D eigenvalue weighted by Crippen LogP contribution is 2.18. The Bertz CT molecular complexity index is 1360. The smallest absolute Gasteiger partial charge is 0.306 e. The van der Waals surface area contributed by atoms with Gasteiger partial charge in [-0.15, -0.1) is 0 Å². The van der Waals surface area contributed by atoms with Gasteiger partial charge in [0.2, 0.25) is 0 Å². The molecule has 0 rings (SSSR count). The molecule has 1 atom stereocenters. The molecule has 0 amide bonds. The Balaban J connectivity index is 4.07. The minimum absolute atomic E-state index is 0.0693. The zero-order chi connectivity index (χ0) is 55.0. The first-order valence-corrected chi connectivity index (χ1v) is 33.3. The summed E-state index contributed by atoms with van der Waals surface area (Å²) in [5, 5.41) is 0. The lowest BCUT2D eigenvalue weighted by Gasteiger charge is -2.18. The SMILES string of the molecule is CC/C=C\C/C=C\C/C=C\C/C=C\C/C=C\CCCCCCCCCCCCCCCC(=O)OCC(COC(=O)CCCCCCCCC)OC(=O)CCCCCCCCCCCCCCCCCCCCCCCC. The summed E-state index contributed by atoms with van der Waals surface area (Å²) in [6.07, 6.45) is 82.7. The number of carbonyl (C=O) groups excluding carboxylic acids is 3.